The van der Waals surface area contributed by atoms with Gasteiger partial charge in [0.15, 0.2) is 0 Å². The number of hydrogen-bond donors (Lipinski definition) is 2. The van der Waals surface area contributed by atoms with E-state index in [0.717, 1.165) is 19.3 Å². The van der Waals surface area contributed by atoms with Crippen LogP contribution >= 0.6 is 11.6 Å². The lowest BCUT2D eigenvalue weighted by Crippen LogP contribution is -2.21. The van der Waals surface area contributed by atoms with E-state index in [4.69, 9.17) is 16.7 Å². The van der Waals surface area contributed by atoms with E-state index in [0.29, 0.717) is 16.9 Å². The third-order valence-corrected chi connectivity index (χ3v) is 2.99. The molecule has 0 amide bonds. The number of aromatic carboxylic acids is 1. The zero-order valence-electron chi connectivity index (χ0n) is 9.19. The van der Waals surface area contributed by atoms with E-state index in [-0.39, 0.29) is 5.56 Å². The number of carbonyl (C=O) groups is 1. The Morgan fingerprint density at radius 1 is 1.53 bits per heavy atom. The summed E-state index contributed by atoms with van der Waals surface area (Å²) in [5.74, 6) is -0.469. The van der Waals surface area contributed by atoms with Gasteiger partial charge in [-0.2, -0.15) is 0 Å². The molecule has 2 N–H and O–H groups in total. The van der Waals surface area contributed by atoms with E-state index in [1.54, 1.807) is 0 Å². The minimum Gasteiger partial charge on any atom is -0.478 e. The van der Waals surface area contributed by atoms with E-state index < -0.39 is 5.97 Å². The second kappa shape index (κ2) is 5.19. The number of allylic oxidation sites excluding steroid dienone is 1. The number of carboxylic acids is 1. The average molecular weight is 253 g/mol. The average Bonchev–Trinajstić information content (AvgIpc) is 2.33. The Morgan fingerprint density at radius 2 is 2.35 bits per heavy atom. The largest absolute Gasteiger partial charge is 0.478 e. The van der Waals surface area contributed by atoms with Gasteiger partial charge >= 0.3 is 5.97 Å². The first-order valence-corrected chi connectivity index (χ1v) is 5.85. The summed E-state index contributed by atoms with van der Waals surface area (Å²) in [6.45, 7) is 0. The summed E-state index contributed by atoms with van der Waals surface area (Å²) < 4.78 is 0. The molecule has 0 bridgehead atoms. The maximum absolute atomic E-state index is 10.7. The summed E-state index contributed by atoms with van der Waals surface area (Å²) in [7, 11) is 0. The molecule has 0 radical (unpaired) electrons. The molecular weight excluding hydrogens is 240 g/mol. The standard InChI is InChI=1S/C12H13ClN2O2/c13-10-6-8(12(16)17)7-14-11(10)15-9-4-2-1-3-5-9/h1-2,6-7,9H,3-5H2,(H,14,15)(H,16,17). The number of nitrogens with one attached hydrogen (secondary N) is 1. The number of rotatable bonds is 3. The molecule has 1 heterocycles. The zero-order valence-corrected chi connectivity index (χ0v) is 9.94. The van der Waals surface area contributed by atoms with Gasteiger partial charge in [-0.1, -0.05) is 23.8 Å². The van der Waals surface area contributed by atoms with Crippen molar-refractivity contribution < 1.29 is 9.90 Å². The Bertz CT molecular complexity index is 460. The molecule has 5 heteroatoms. The molecule has 0 spiro atoms. The molecule has 4 nitrogen and oxygen atoms in total. The molecule has 0 saturated heterocycles. The van der Waals surface area contributed by atoms with Crippen LogP contribution in [0.2, 0.25) is 5.02 Å². The second-order valence-electron chi connectivity index (χ2n) is 3.99. The Labute approximate surface area is 104 Å². The highest BCUT2D eigenvalue weighted by Crippen LogP contribution is 2.23. The van der Waals surface area contributed by atoms with Crippen molar-refractivity contribution in [1.82, 2.24) is 4.98 Å². The minimum absolute atomic E-state index is 0.101. The van der Waals surface area contributed by atoms with Gasteiger partial charge in [0.2, 0.25) is 0 Å². The number of aromatic nitrogens is 1. The highest BCUT2D eigenvalue weighted by Gasteiger charge is 2.13. The van der Waals surface area contributed by atoms with E-state index in [1.165, 1.54) is 12.3 Å². The Kier molecular flexibility index (Phi) is 3.64. The van der Waals surface area contributed by atoms with E-state index in [2.05, 4.69) is 22.5 Å². The fourth-order valence-electron chi connectivity index (χ4n) is 1.78. The van der Waals surface area contributed by atoms with Gasteiger partial charge in [-0.15, -0.1) is 0 Å². The predicted molar refractivity (Wildman–Crippen MR) is 66.6 cm³/mol. The number of hydrogen-bond acceptors (Lipinski definition) is 3. The minimum atomic E-state index is -1.02. The van der Waals surface area contributed by atoms with Crippen molar-refractivity contribution in [3.63, 3.8) is 0 Å². The first-order valence-electron chi connectivity index (χ1n) is 5.47. The van der Waals surface area contributed by atoms with Crippen LogP contribution in [-0.4, -0.2) is 22.1 Å². The number of carboxylic acid groups (broad SMARTS) is 1. The zero-order chi connectivity index (χ0) is 12.3. The number of halogens is 1. The van der Waals surface area contributed by atoms with Gasteiger partial charge in [0.25, 0.3) is 0 Å². The van der Waals surface area contributed by atoms with Crippen molar-refractivity contribution in [3.05, 3.63) is 35.0 Å². The Balaban J connectivity index is 2.11. The van der Waals surface area contributed by atoms with Crippen LogP contribution < -0.4 is 5.32 Å². The Morgan fingerprint density at radius 3 is 2.94 bits per heavy atom. The van der Waals surface area contributed by atoms with Crippen LogP contribution in [0.1, 0.15) is 29.6 Å². The summed E-state index contributed by atoms with van der Waals surface area (Å²) in [6, 6.07) is 1.73. The summed E-state index contributed by atoms with van der Waals surface area (Å²) in [6.07, 6.45) is 8.62. The lowest BCUT2D eigenvalue weighted by molar-refractivity contribution is 0.0696. The molecule has 0 fully saturated rings. The fraction of sp³-hybridized carbons (Fsp3) is 0.333. The van der Waals surface area contributed by atoms with Crippen LogP contribution in [0.4, 0.5) is 5.82 Å². The smallest absolute Gasteiger partial charge is 0.337 e. The third-order valence-electron chi connectivity index (χ3n) is 2.70. The first-order chi connectivity index (χ1) is 8.16. The van der Waals surface area contributed by atoms with Gasteiger partial charge < -0.3 is 10.4 Å². The van der Waals surface area contributed by atoms with Gasteiger partial charge in [-0.25, -0.2) is 9.78 Å². The van der Waals surface area contributed by atoms with Crippen LogP contribution in [0.5, 0.6) is 0 Å². The predicted octanol–water partition coefficient (Wildman–Crippen LogP) is 2.95. The normalized spacial score (nSPS) is 19.0. The molecule has 1 aliphatic carbocycles. The van der Waals surface area contributed by atoms with Crippen molar-refractivity contribution in [3.8, 4) is 0 Å². The lowest BCUT2D eigenvalue weighted by Gasteiger charge is -2.20. The van der Waals surface area contributed by atoms with Gasteiger partial charge in [0.1, 0.15) is 5.82 Å². The van der Waals surface area contributed by atoms with Crippen molar-refractivity contribution in [1.29, 1.82) is 0 Å². The van der Waals surface area contributed by atoms with Gasteiger partial charge in [0, 0.05) is 12.2 Å². The second-order valence-corrected chi connectivity index (χ2v) is 4.39. The van der Waals surface area contributed by atoms with Crippen molar-refractivity contribution in [2.75, 3.05) is 5.32 Å². The van der Waals surface area contributed by atoms with Crippen molar-refractivity contribution in [2.45, 2.75) is 25.3 Å². The highest BCUT2D eigenvalue weighted by molar-refractivity contribution is 6.33. The van der Waals surface area contributed by atoms with Crippen LogP contribution in [0.25, 0.3) is 0 Å². The number of pyridine rings is 1. The SMILES string of the molecule is O=C(O)c1cnc(NC2CC=CCC2)c(Cl)c1. The molecule has 1 aromatic rings. The summed E-state index contributed by atoms with van der Waals surface area (Å²) in [5.41, 5.74) is 0.101. The van der Waals surface area contributed by atoms with Crippen LogP contribution in [0.3, 0.4) is 0 Å². The summed E-state index contributed by atoms with van der Waals surface area (Å²) in [5, 5.41) is 12.4. The Hall–Kier alpha value is -1.55. The molecule has 1 unspecified atom stereocenters. The molecule has 90 valence electrons. The van der Waals surface area contributed by atoms with Gasteiger partial charge in [0.05, 0.1) is 10.6 Å². The van der Waals surface area contributed by atoms with Crippen LogP contribution in [-0.2, 0) is 0 Å². The topological polar surface area (TPSA) is 62.2 Å². The molecule has 1 atom stereocenters. The highest BCUT2D eigenvalue weighted by atomic mass is 35.5. The van der Waals surface area contributed by atoms with Crippen LogP contribution in [0.15, 0.2) is 24.4 Å². The molecule has 2 rings (SSSR count). The van der Waals surface area contributed by atoms with E-state index in [1.807, 2.05) is 0 Å². The maximum atomic E-state index is 10.7. The molecule has 17 heavy (non-hydrogen) atoms. The third kappa shape index (κ3) is 2.97. The quantitative estimate of drug-likeness (QED) is 0.812. The lowest BCUT2D eigenvalue weighted by atomic mass is 10.0. The molecule has 0 saturated carbocycles. The fourth-order valence-corrected chi connectivity index (χ4v) is 2.00. The van der Waals surface area contributed by atoms with E-state index in [9.17, 15) is 4.79 Å². The molecule has 1 aromatic heterocycles. The van der Waals surface area contributed by atoms with Gasteiger partial charge in [-0.3, -0.25) is 0 Å². The van der Waals surface area contributed by atoms with E-state index >= 15 is 0 Å². The number of anilines is 1. The summed E-state index contributed by atoms with van der Waals surface area (Å²) >= 11 is 5.99. The molecular formula is C12H13ClN2O2. The summed E-state index contributed by atoms with van der Waals surface area (Å²) in [4.78, 5) is 14.8. The van der Waals surface area contributed by atoms with Crippen molar-refractivity contribution in [2.24, 2.45) is 0 Å². The monoisotopic (exact) mass is 252 g/mol. The number of nitrogens with zero attached hydrogens (tertiary/aromatic N) is 1. The molecule has 0 aliphatic heterocycles. The van der Waals surface area contributed by atoms with Crippen LogP contribution in [0, 0.1) is 0 Å². The molecule has 0 aromatic carbocycles. The molecule has 1 aliphatic rings. The first kappa shape index (κ1) is 11.9. The maximum Gasteiger partial charge on any atom is 0.337 e. The van der Waals surface area contributed by atoms with Crippen molar-refractivity contribution >= 4 is 23.4 Å². The van der Waals surface area contributed by atoms with Gasteiger partial charge in [-0.05, 0) is 25.3 Å².